The molecule has 0 aliphatic heterocycles. The van der Waals surface area contributed by atoms with Gasteiger partial charge in [0.05, 0.1) is 10.9 Å². The molecule has 3 rings (SSSR count). The highest BCUT2D eigenvalue weighted by Crippen LogP contribution is 2.15. The second-order valence-corrected chi connectivity index (χ2v) is 5.72. The maximum Gasteiger partial charge on any atom is 0.284 e. The molecule has 0 fully saturated rings. The summed E-state index contributed by atoms with van der Waals surface area (Å²) >= 11 is 0. The number of aromatic nitrogens is 4. The molecule has 3 aromatic rings. The molecule has 2 heterocycles. The van der Waals surface area contributed by atoms with Gasteiger partial charge in [-0.05, 0) is 12.1 Å². The van der Waals surface area contributed by atoms with E-state index in [9.17, 15) is 9.59 Å². The topological polar surface area (TPSA) is 80.1 Å². The predicted octanol–water partition coefficient (Wildman–Crippen LogP) is 1.23. The van der Waals surface area contributed by atoms with Crippen molar-refractivity contribution in [3.8, 4) is 0 Å². The average molecular weight is 270 g/mol. The van der Waals surface area contributed by atoms with E-state index in [1.807, 2.05) is 20.8 Å². The summed E-state index contributed by atoms with van der Waals surface area (Å²) in [6.45, 7) is 5.61. The molecule has 0 aliphatic rings. The molecule has 1 N–H and O–H groups in total. The van der Waals surface area contributed by atoms with Crippen LogP contribution in [0.25, 0.3) is 16.7 Å². The fourth-order valence-corrected chi connectivity index (χ4v) is 2.14. The van der Waals surface area contributed by atoms with E-state index in [2.05, 4.69) is 15.2 Å². The molecule has 0 bridgehead atoms. The fourth-order valence-electron chi connectivity index (χ4n) is 2.14. The van der Waals surface area contributed by atoms with Crippen LogP contribution in [0.4, 0.5) is 0 Å². The summed E-state index contributed by atoms with van der Waals surface area (Å²) in [4.78, 5) is 29.2. The lowest BCUT2D eigenvalue weighted by Crippen LogP contribution is -2.36. The van der Waals surface area contributed by atoms with E-state index in [0.717, 1.165) is 4.40 Å². The van der Waals surface area contributed by atoms with Gasteiger partial charge in [0.2, 0.25) is 5.78 Å². The smallest absolute Gasteiger partial charge is 0.268 e. The Morgan fingerprint density at radius 3 is 2.50 bits per heavy atom. The molecule has 20 heavy (non-hydrogen) atoms. The summed E-state index contributed by atoms with van der Waals surface area (Å²) in [5.41, 5.74) is -0.399. The normalized spacial score (nSPS) is 12.2. The van der Waals surface area contributed by atoms with Crippen LogP contribution in [0.3, 0.4) is 0 Å². The van der Waals surface area contributed by atoms with E-state index in [1.165, 1.54) is 0 Å². The molecule has 2 aromatic heterocycles. The zero-order valence-electron chi connectivity index (χ0n) is 11.5. The van der Waals surface area contributed by atoms with Gasteiger partial charge in [0.25, 0.3) is 11.1 Å². The average Bonchev–Trinajstić information content (AvgIpc) is 2.37. The van der Waals surface area contributed by atoms with Gasteiger partial charge in [-0.2, -0.15) is 5.10 Å². The molecule has 6 nitrogen and oxygen atoms in total. The van der Waals surface area contributed by atoms with Gasteiger partial charge < -0.3 is 0 Å². The number of nitrogens with zero attached hydrogens (tertiary/aromatic N) is 3. The Hall–Kier alpha value is -2.50. The minimum absolute atomic E-state index is 0.159. The first-order valence-electron chi connectivity index (χ1n) is 6.30. The third-order valence-corrected chi connectivity index (χ3v) is 3.16. The Bertz CT molecular complexity index is 932. The number of para-hydroxylation sites is 1. The molecule has 0 unspecified atom stereocenters. The number of H-pyrrole nitrogens is 1. The van der Waals surface area contributed by atoms with Crippen molar-refractivity contribution in [2.45, 2.75) is 26.2 Å². The number of nitrogens with one attached hydrogen (secondary N) is 1. The number of hydrogen-bond acceptors (Lipinski definition) is 4. The first kappa shape index (κ1) is 12.5. The lowest BCUT2D eigenvalue weighted by Gasteiger charge is -2.16. The van der Waals surface area contributed by atoms with E-state index in [4.69, 9.17) is 0 Å². The van der Waals surface area contributed by atoms with Crippen molar-refractivity contribution >= 4 is 16.7 Å². The molecule has 0 radical (unpaired) electrons. The highest BCUT2D eigenvalue weighted by molar-refractivity contribution is 5.78. The van der Waals surface area contributed by atoms with E-state index in [1.54, 1.807) is 24.3 Å². The number of aromatic amines is 1. The first-order chi connectivity index (χ1) is 9.39. The summed E-state index contributed by atoms with van der Waals surface area (Å²) < 4.78 is 1.05. The predicted molar refractivity (Wildman–Crippen MR) is 76.1 cm³/mol. The van der Waals surface area contributed by atoms with Gasteiger partial charge in [0.15, 0.2) is 0 Å². The van der Waals surface area contributed by atoms with Crippen LogP contribution in [0.2, 0.25) is 0 Å². The zero-order valence-corrected chi connectivity index (χ0v) is 11.5. The molecule has 0 amide bonds. The standard InChI is InChI=1S/C14H14N4O2/c1-14(2,3)10-12(20)18-11(19)8-6-4-5-7-9(8)15-13(18)17-16-10/h4-7H,1-3H3,(H,15,17). The number of rotatable bonds is 0. The van der Waals surface area contributed by atoms with Crippen LogP contribution in [0.15, 0.2) is 33.9 Å². The van der Waals surface area contributed by atoms with Crippen molar-refractivity contribution < 1.29 is 0 Å². The Morgan fingerprint density at radius 1 is 1.10 bits per heavy atom. The Kier molecular flexibility index (Phi) is 2.50. The molecular weight excluding hydrogens is 256 g/mol. The van der Waals surface area contributed by atoms with Gasteiger partial charge in [0, 0.05) is 5.41 Å². The third-order valence-electron chi connectivity index (χ3n) is 3.16. The number of fused-ring (bicyclic) bond motifs is 2. The van der Waals surface area contributed by atoms with E-state index in [-0.39, 0.29) is 11.3 Å². The number of benzene rings is 1. The third kappa shape index (κ3) is 1.72. The van der Waals surface area contributed by atoms with Crippen LogP contribution in [-0.4, -0.2) is 19.6 Å². The maximum absolute atomic E-state index is 12.5. The molecule has 0 saturated heterocycles. The monoisotopic (exact) mass is 270 g/mol. The second kappa shape index (κ2) is 4.00. The van der Waals surface area contributed by atoms with Crippen molar-refractivity contribution in [2.24, 2.45) is 0 Å². The number of hydrogen-bond donors (Lipinski definition) is 1. The van der Waals surface area contributed by atoms with Gasteiger partial charge in [0.1, 0.15) is 5.69 Å². The van der Waals surface area contributed by atoms with Crippen LogP contribution in [0.5, 0.6) is 0 Å². The van der Waals surface area contributed by atoms with Gasteiger partial charge in [-0.3, -0.25) is 9.59 Å². The molecule has 0 saturated carbocycles. The highest BCUT2D eigenvalue weighted by atomic mass is 16.2. The van der Waals surface area contributed by atoms with Crippen molar-refractivity contribution in [1.82, 2.24) is 19.6 Å². The molecule has 102 valence electrons. The van der Waals surface area contributed by atoms with Gasteiger partial charge in [-0.15, -0.1) is 0 Å². The van der Waals surface area contributed by atoms with E-state index >= 15 is 0 Å². The molecular formula is C14H14N4O2. The van der Waals surface area contributed by atoms with Crippen molar-refractivity contribution in [3.63, 3.8) is 0 Å². The Morgan fingerprint density at radius 2 is 1.80 bits per heavy atom. The summed E-state index contributed by atoms with van der Waals surface area (Å²) in [7, 11) is 0. The fraction of sp³-hybridized carbons (Fsp3) is 0.286. The Balaban J connectivity index is 2.56. The quantitative estimate of drug-likeness (QED) is 0.623. The molecule has 6 heteroatoms. The second-order valence-electron chi connectivity index (χ2n) is 5.72. The van der Waals surface area contributed by atoms with Crippen LogP contribution in [0, 0.1) is 0 Å². The minimum atomic E-state index is -0.452. The lowest BCUT2D eigenvalue weighted by atomic mass is 9.93. The Labute approximate surface area is 114 Å². The van der Waals surface area contributed by atoms with Crippen LogP contribution < -0.4 is 11.1 Å². The minimum Gasteiger partial charge on any atom is -0.268 e. The largest absolute Gasteiger partial charge is 0.284 e. The van der Waals surface area contributed by atoms with Crippen LogP contribution in [0.1, 0.15) is 26.5 Å². The van der Waals surface area contributed by atoms with E-state index in [0.29, 0.717) is 16.6 Å². The summed E-state index contributed by atoms with van der Waals surface area (Å²) in [6.07, 6.45) is 0. The highest BCUT2D eigenvalue weighted by Gasteiger charge is 2.22. The molecule has 0 aliphatic carbocycles. The van der Waals surface area contributed by atoms with Crippen LogP contribution in [-0.2, 0) is 5.41 Å². The van der Waals surface area contributed by atoms with E-state index < -0.39 is 11.0 Å². The van der Waals surface area contributed by atoms with Gasteiger partial charge >= 0.3 is 0 Å². The molecule has 1 aromatic carbocycles. The van der Waals surface area contributed by atoms with Crippen LogP contribution >= 0.6 is 0 Å². The molecule has 0 spiro atoms. The van der Waals surface area contributed by atoms with Crippen molar-refractivity contribution in [1.29, 1.82) is 0 Å². The first-order valence-corrected chi connectivity index (χ1v) is 6.30. The van der Waals surface area contributed by atoms with Gasteiger partial charge in [-0.25, -0.2) is 14.5 Å². The lowest BCUT2D eigenvalue weighted by molar-refractivity contribution is 0.544. The maximum atomic E-state index is 12.5. The zero-order chi connectivity index (χ0) is 14.5. The summed E-state index contributed by atoms with van der Waals surface area (Å²) in [5.74, 6) is 0.159. The SMILES string of the molecule is CC(C)(C)c1n[nH]c2nc3ccccc3c(=O)n2c1=O. The van der Waals surface area contributed by atoms with Crippen molar-refractivity contribution in [3.05, 3.63) is 50.7 Å². The summed E-state index contributed by atoms with van der Waals surface area (Å²) in [6, 6.07) is 6.93. The molecule has 0 atom stereocenters. The van der Waals surface area contributed by atoms with Crippen molar-refractivity contribution in [2.75, 3.05) is 0 Å². The van der Waals surface area contributed by atoms with Gasteiger partial charge in [-0.1, -0.05) is 32.9 Å². The summed E-state index contributed by atoms with van der Waals surface area (Å²) in [5, 5.41) is 7.19.